The van der Waals surface area contributed by atoms with E-state index < -0.39 is 0 Å². The third-order valence-electron chi connectivity index (χ3n) is 8.53. The van der Waals surface area contributed by atoms with Crippen LogP contribution in [0, 0.1) is 22.7 Å². The van der Waals surface area contributed by atoms with E-state index in [1.807, 2.05) is 0 Å². The Morgan fingerprint density at radius 1 is 0.889 bits per heavy atom. The van der Waals surface area contributed by atoms with Gasteiger partial charge in [-0.1, -0.05) is 13.8 Å². The van der Waals surface area contributed by atoms with Gasteiger partial charge in [-0.15, -0.1) is 0 Å². The summed E-state index contributed by atoms with van der Waals surface area (Å²) in [4.78, 5) is 5.61. The maximum atomic E-state index is 5.96. The molecule has 0 atom stereocenters. The standard InChI is InChI=1S/C24H44N2O/c1-19(2)21-5-11-26(12-6-21)22-15-23(16-22)9-13-25(14-10-23)17-24(7-8-24)18-27-20(3)4/h19-22H,5-18H2,1-4H3. The molecule has 0 bridgehead atoms. The van der Waals surface area contributed by atoms with Crippen LogP contribution >= 0.6 is 0 Å². The topological polar surface area (TPSA) is 15.7 Å². The molecule has 0 aromatic rings. The Morgan fingerprint density at radius 2 is 1.52 bits per heavy atom. The number of piperidine rings is 2. The first kappa shape index (κ1) is 20.2. The Morgan fingerprint density at radius 3 is 2.04 bits per heavy atom. The molecule has 2 saturated heterocycles. The first-order valence-corrected chi connectivity index (χ1v) is 12.0. The van der Waals surface area contributed by atoms with Crippen LogP contribution in [0.3, 0.4) is 0 Å². The molecule has 156 valence electrons. The Bertz CT molecular complexity index is 475. The minimum Gasteiger partial charge on any atom is -0.378 e. The molecule has 0 unspecified atom stereocenters. The minimum absolute atomic E-state index is 0.379. The van der Waals surface area contributed by atoms with Gasteiger partial charge in [0.2, 0.25) is 0 Å². The molecule has 3 nitrogen and oxygen atoms in total. The largest absolute Gasteiger partial charge is 0.378 e. The van der Waals surface area contributed by atoms with Gasteiger partial charge in [-0.3, -0.25) is 0 Å². The monoisotopic (exact) mass is 376 g/mol. The maximum Gasteiger partial charge on any atom is 0.0538 e. The Kier molecular flexibility index (Phi) is 5.94. The number of hydrogen-bond acceptors (Lipinski definition) is 3. The fourth-order valence-corrected chi connectivity index (χ4v) is 6.09. The van der Waals surface area contributed by atoms with Gasteiger partial charge in [0.15, 0.2) is 0 Å². The zero-order chi connectivity index (χ0) is 19.1. The first-order valence-electron chi connectivity index (χ1n) is 12.0. The molecule has 4 aliphatic rings. The van der Waals surface area contributed by atoms with Crippen molar-refractivity contribution < 1.29 is 4.74 Å². The lowest BCUT2D eigenvalue weighted by Gasteiger charge is -2.56. The smallest absolute Gasteiger partial charge is 0.0538 e. The lowest BCUT2D eigenvalue weighted by Crippen LogP contribution is -2.56. The van der Waals surface area contributed by atoms with Crippen LogP contribution < -0.4 is 0 Å². The van der Waals surface area contributed by atoms with Crippen LogP contribution in [0.4, 0.5) is 0 Å². The molecular formula is C24H44N2O. The summed E-state index contributed by atoms with van der Waals surface area (Å²) in [6.07, 6.45) is 11.9. The fraction of sp³-hybridized carbons (Fsp3) is 1.00. The highest BCUT2D eigenvalue weighted by molar-refractivity contribution is 5.03. The van der Waals surface area contributed by atoms with Gasteiger partial charge >= 0.3 is 0 Å². The van der Waals surface area contributed by atoms with Crippen molar-refractivity contribution in [1.82, 2.24) is 9.80 Å². The van der Waals surface area contributed by atoms with Gasteiger partial charge in [0.05, 0.1) is 12.7 Å². The summed E-state index contributed by atoms with van der Waals surface area (Å²) in [5, 5.41) is 0. The van der Waals surface area contributed by atoms with E-state index in [0.29, 0.717) is 16.9 Å². The Hall–Kier alpha value is -0.120. The predicted octanol–water partition coefficient (Wildman–Crippen LogP) is 4.80. The van der Waals surface area contributed by atoms with Gasteiger partial charge in [-0.05, 0) is 109 Å². The molecule has 4 fully saturated rings. The van der Waals surface area contributed by atoms with Crippen LogP contribution in [0.5, 0.6) is 0 Å². The Labute approximate surface area is 168 Å². The van der Waals surface area contributed by atoms with E-state index in [1.165, 1.54) is 84.1 Å². The summed E-state index contributed by atoms with van der Waals surface area (Å²) in [6.45, 7) is 16.8. The summed E-state index contributed by atoms with van der Waals surface area (Å²) < 4.78 is 5.96. The highest BCUT2D eigenvalue weighted by Crippen LogP contribution is 2.53. The van der Waals surface area contributed by atoms with Crippen molar-refractivity contribution >= 4 is 0 Å². The van der Waals surface area contributed by atoms with Crippen molar-refractivity contribution in [3.8, 4) is 0 Å². The summed E-state index contributed by atoms with van der Waals surface area (Å²) in [5.41, 5.74) is 1.22. The number of nitrogens with zero attached hydrogens (tertiary/aromatic N) is 2. The average Bonchev–Trinajstić information content (AvgIpc) is 3.39. The van der Waals surface area contributed by atoms with Crippen LogP contribution in [0.1, 0.15) is 79.1 Å². The molecule has 0 amide bonds. The molecule has 2 aliphatic heterocycles. The van der Waals surface area contributed by atoms with Crippen LogP contribution in [0.2, 0.25) is 0 Å². The molecule has 0 aromatic heterocycles. The van der Waals surface area contributed by atoms with Gasteiger partial charge in [-0.2, -0.15) is 0 Å². The fourth-order valence-electron chi connectivity index (χ4n) is 6.09. The molecule has 0 radical (unpaired) electrons. The second-order valence-corrected chi connectivity index (χ2v) is 11.3. The van der Waals surface area contributed by atoms with E-state index in [-0.39, 0.29) is 0 Å². The van der Waals surface area contributed by atoms with Crippen LogP contribution in [0.25, 0.3) is 0 Å². The molecule has 27 heavy (non-hydrogen) atoms. The quantitative estimate of drug-likeness (QED) is 0.634. The van der Waals surface area contributed by atoms with E-state index in [4.69, 9.17) is 4.74 Å². The lowest BCUT2D eigenvalue weighted by molar-refractivity contribution is -0.0586. The average molecular weight is 377 g/mol. The Balaban J connectivity index is 1.17. The zero-order valence-electron chi connectivity index (χ0n) is 18.5. The SMILES string of the molecule is CC(C)OCC1(CN2CCC3(CC2)CC(N2CCC(C(C)C)CC2)C3)CC1. The van der Waals surface area contributed by atoms with Crippen LogP contribution in [0.15, 0.2) is 0 Å². The van der Waals surface area contributed by atoms with E-state index in [0.717, 1.165) is 24.5 Å². The summed E-state index contributed by atoms with van der Waals surface area (Å²) in [7, 11) is 0. The van der Waals surface area contributed by atoms with Gasteiger partial charge in [0.1, 0.15) is 0 Å². The number of ether oxygens (including phenoxy) is 1. The van der Waals surface area contributed by atoms with Crippen molar-refractivity contribution in [3.05, 3.63) is 0 Å². The van der Waals surface area contributed by atoms with E-state index in [2.05, 4.69) is 37.5 Å². The van der Waals surface area contributed by atoms with Crippen molar-refractivity contribution in [2.45, 2.75) is 91.2 Å². The van der Waals surface area contributed by atoms with Crippen molar-refractivity contribution in [3.63, 3.8) is 0 Å². The molecule has 2 heterocycles. The highest BCUT2D eigenvalue weighted by Gasteiger charge is 2.50. The highest BCUT2D eigenvalue weighted by atomic mass is 16.5. The summed E-state index contributed by atoms with van der Waals surface area (Å²) in [5.74, 6) is 1.86. The lowest BCUT2D eigenvalue weighted by atomic mass is 9.59. The number of rotatable bonds is 7. The zero-order valence-corrected chi connectivity index (χ0v) is 18.5. The van der Waals surface area contributed by atoms with Gasteiger partial charge < -0.3 is 14.5 Å². The van der Waals surface area contributed by atoms with Gasteiger partial charge in [0.25, 0.3) is 0 Å². The second kappa shape index (κ2) is 7.95. The normalized spacial score (nSPS) is 29.6. The minimum atomic E-state index is 0.379. The maximum absolute atomic E-state index is 5.96. The first-order chi connectivity index (χ1) is 12.9. The van der Waals surface area contributed by atoms with Gasteiger partial charge in [-0.25, -0.2) is 0 Å². The van der Waals surface area contributed by atoms with Crippen LogP contribution in [-0.2, 0) is 4.74 Å². The molecule has 4 rings (SSSR count). The summed E-state index contributed by atoms with van der Waals surface area (Å²) >= 11 is 0. The van der Waals surface area contributed by atoms with Crippen molar-refractivity contribution in [1.29, 1.82) is 0 Å². The van der Waals surface area contributed by atoms with Gasteiger partial charge in [0, 0.05) is 18.0 Å². The van der Waals surface area contributed by atoms with Crippen molar-refractivity contribution in [2.24, 2.45) is 22.7 Å². The number of hydrogen-bond donors (Lipinski definition) is 0. The third-order valence-corrected chi connectivity index (χ3v) is 8.53. The summed E-state index contributed by atoms with van der Waals surface area (Å²) in [6, 6.07) is 0.916. The van der Waals surface area contributed by atoms with Crippen molar-refractivity contribution in [2.75, 3.05) is 39.3 Å². The molecule has 0 N–H and O–H groups in total. The molecular weight excluding hydrogens is 332 g/mol. The number of likely N-dealkylation sites (tertiary alicyclic amines) is 2. The van der Waals surface area contributed by atoms with E-state index >= 15 is 0 Å². The third kappa shape index (κ3) is 4.73. The van der Waals surface area contributed by atoms with E-state index in [9.17, 15) is 0 Å². The van der Waals surface area contributed by atoms with E-state index in [1.54, 1.807) is 0 Å². The molecule has 2 aliphatic carbocycles. The molecule has 2 saturated carbocycles. The second-order valence-electron chi connectivity index (χ2n) is 11.3. The molecule has 3 heteroatoms. The molecule has 1 spiro atoms. The van der Waals surface area contributed by atoms with Crippen LogP contribution in [-0.4, -0.2) is 61.3 Å². The predicted molar refractivity (Wildman–Crippen MR) is 113 cm³/mol. The molecule has 0 aromatic carbocycles.